The van der Waals surface area contributed by atoms with E-state index < -0.39 is 0 Å². The second-order valence-corrected chi connectivity index (χ2v) is 5.27. The van der Waals surface area contributed by atoms with Crippen LogP contribution in [0.3, 0.4) is 0 Å². The van der Waals surface area contributed by atoms with E-state index in [1.54, 1.807) is 29.5 Å². The molecule has 0 aliphatic carbocycles. The Bertz CT molecular complexity index is 584. The topological polar surface area (TPSA) is 39.2 Å². The Morgan fingerprint density at radius 2 is 2.11 bits per heavy atom. The van der Waals surface area contributed by atoms with Crippen molar-refractivity contribution in [3.05, 3.63) is 47.5 Å². The molecule has 0 atom stereocenters. The second-order valence-electron chi connectivity index (χ2n) is 4.03. The van der Waals surface area contributed by atoms with E-state index in [-0.39, 0.29) is 5.97 Å². The Kier molecular flexibility index (Phi) is 4.47. The number of hydrogen-bond acceptors (Lipinski definition) is 4. The van der Waals surface area contributed by atoms with E-state index >= 15 is 0 Å². The molecule has 0 fully saturated rings. The molecule has 98 valence electrons. The number of allylic oxidation sites excluding steroid dienone is 1. The van der Waals surface area contributed by atoms with Crippen LogP contribution in [-0.4, -0.2) is 11.0 Å². The van der Waals surface area contributed by atoms with Gasteiger partial charge < -0.3 is 4.74 Å². The van der Waals surface area contributed by atoms with Gasteiger partial charge in [-0.05, 0) is 37.6 Å². The maximum Gasteiger partial charge on any atom is 0.335 e. The van der Waals surface area contributed by atoms with Crippen molar-refractivity contribution in [1.29, 1.82) is 0 Å². The Labute approximate surface area is 116 Å². The predicted octanol–water partition coefficient (Wildman–Crippen LogP) is 3.99. The average molecular weight is 273 g/mol. The zero-order chi connectivity index (χ0) is 13.7. The second kappa shape index (κ2) is 6.29. The molecule has 0 spiro atoms. The van der Waals surface area contributed by atoms with Crippen LogP contribution in [-0.2, 0) is 4.79 Å². The highest BCUT2D eigenvalue weighted by Crippen LogP contribution is 2.26. The maximum absolute atomic E-state index is 11.4. The Morgan fingerprint density at radius 1 is 1.37 bits per heavy atom. The van der Waals surface area contributed by atoms with E-state index in [4.69, 9.17) is 4.74 Å². The monoisotopic (exact) mass is 273 g/mol. The molecule has 1 aromatic carbocycles. The van der Waals surface area contributed by atoms with E-state index in [1.807, 2.05) is 32.2 Å². The zero-order valence-corrected chi connectivity index (χ0v) is 11.7. The van der Waals surface area contributed by atoms with Crippen LogP contribution in [0, 0.1) is 6.92 Å². The summed E-state index contributed by atoms with van der Waals surface area (Å²) in [5, 5.41) is 0.973. The molecule has 0 aliphatic heterocycles. The summed E-state index contributed by atoms with van der Waals surface area (Å²) >= 11 is 1.64. The molecular formula is C15H15NO2S. The molecule has 2 rings (SSSR count). The molecule has 0 amide bonds. The molecule has 4 heteroatoms. The van der Waals surface area contributed by atoms with Crippen molar-refractivity contribution in [2.45, 2.75) is 20.3 Å². The Hall–Kier alpha value is -1.94. The van der Waals surface area contributed by atoms with Gasteiger partial charge in [-0.25, -0.2) is 9.78 Å². The summed E-state index contributed by atoms with van der Waals surface area (Å²) in [7, 11) is 0. The van der Waals surface area contributed by atoms with Crippen LogP contribution in [0.25, 0.3) is 10.6 Å². The van der Waals surface area contributed by atoms with Crippen LogP contribution in [0.4, 0.5) is 0 Å². The van der Waals surface area contributed by atoms with Crippen LogP contribution in [0.1, 0.15) is 18.2 Å². The van der Waals surface area contributed by atoms with Gasteiger partial charge in [0.2, 0.25) is 0 Å². The normalized spacial score (nSPS) is 10.8. The molecule has 3 nitrogen and oxygen atoms in total. The number of aromatic nitrogens is 1. The highest BCUT2D eigenvalue weighted by atomic mass is 32.1. The number of rotatable bonds is 4. The fourth-order valence-corrected chi connectivity index (χ4v) is 2.29. The van der Waals surface area contributed by atoms with Gasteiger partial charge in [0.05, 0.1) is 0 Å². The van der Waals surface area contributed by atoms with Crippen molar-refractivity contribution < 1.29 is 9.53 Å². The summed E-state index contributed by atoms with van der Waals surface area (Å²) in [6.45, 7) is 3.99. The van der Waals surface area contributed by atoms with Crippen molar-refractivity contribution in [1.82, 2.24) is 4.98 Å². The first-order valence-corrected chi connectivity index (χ1v) is 6.92. The van der Waals surface area contributed by atoms with Gasteiger partial charge in [-0.3, -0.25) is 0 Å². The van der Waals surface area contributed by atoms with Crippen molar-refractivity contribution in [3.8, 4) is 16.3 Å². The number of aryl methyl sites for hydroxylation is 1. The van der Waals surface area contributed by atoms with Gasteiger partial charge in [-0.15, -0.1) is 11.3 Å². The lowest BCUT2D eigenvalue weighted by Gasteiger charge is -2.02. The van der Waals surface area contributed by atoms with Crippen LogP contribution in [0.15, 0.2) is 42.6 Å². The van der Waals surface area contributed by atoms with Gasteiger partial charge in [0.15, 0.2) is 0 Å². The van der Waals surface area contributed by atoms with Gasteiger partial charge in [0.1, 0.15) is 10.8 Å². The molecule has 19 heavy (non-hydrogen) atoms. The number of benzene rings is 1. The molecular weight excluding hydrogens is 258 g/mol. The minimum Gasteiger partial charge on any atom is -0.423 e. The van der Waals surface area contributed by atoms with Gasteiger partial charge >= 0.3 is 5.97 Å². The average Bonchev–Trinajstić information content (AvgIpc) is 2.84. The lowest BCUT2D eigenvalue weighted by Crippen LogP contribution is -2.03. The van der Waals surface area contributed by atoms with Crippen LogP contribution >= 0.6 is 11.3 Å². The predicted molar refractivity (Wildman–Crippen MR) is 77.4 cm³/mol. The van der Waals surface area contributed by atoms with Crippen molar-refractivity contribution in [2.24, 2.45) is 0 Å². The quantitative estimate of drug-likeness (QED) is 0.480. The molecule has 0 unspecified atom stereocenters. The summed E-state index contributed by atoms with van der Waals surface area (Å²) < 4.78 is 5.17. The Balaban J connectivity index is 2.06. The first kappa shape index (κ1) is 13.5. The van der Waals surface area contributed by atoms with Crippen molar-refractivity contribution in [2.75, 3.05) is 0 Å². The summed E-state index contributed by atoms with van der Waals surface area (Å²) in [6.07, 6.45) is 5.88. The third-order valence-corrected chi connectivity index (χ3v) is 3.39. The summed E-state index contributed by atoms with van der Waals surface area (Å²) in [4.78, 5) is 16.9. The van der Waals surface area contributed by atoms with Gasteiger partial charge in [-0.1, -0.05) is 13.0 Å². The minimum absolute atomic E-state index is 0.348. The highest BCUT2D eigenvalue weighted by molar-refractivity contribution is 7.14. The largest absolute Gasteiger partial charge is 0.423 e. The fourth-order valence-electron chi connectivity index (χ4n) is 1.52. The number of esters is 1. The van der Waals surface area contributed by atoms with Crippen LogP contribution in [0.5, 0.6) is 5.75 Å². The molecule has 1 aromatic heterocycles. The van der Waals surface area contributed by atoms with E-state index in [0.29, 0.717) is 5.75 Å². The first-order valence-electron chi connectivity index (χ1n) is 6.10. The van der Waals surface area contributed by atoms with Crippen LogP contribution in [0.2, 0.25) is 0 Å². The molecule has 2 aromatic rings. The van der Waals surface area contributed by atoms with Gasteiger partial charge in [0, 0.05) is 22.7 Å². The molecule has 0 bridgehead atoms. The van der Waals surface area contributed by atoms with Gasteiger partial charge in [-0.2, -0.15) is 0 Å². The summed E-state index contributed by atoms with van der Waals surface area (Å²) in [5.74, 6) is 0.197. The number of hydrogen-bond donors (Lipinski definition) is 0. The highest BCUT2D eigenvalue weighted by Gasteiger charge is 2.04. The number of carbonyl (C=O) groups excluding carboxylic acids is 1. The molecule has 1 heterocycles. The molecule has 0 saturated heterocycles. The lowest BCUT2D eigenvalue weighted by molar-refractivity contribution is -0.129. The standard InChI is InChI=1S/C15H15NO2S/c1-3-4-5-14(17)18-13-8-6-12(7-9-13)15-16-10-11(2)19-15/h4-10H,3H2,1-2H3. The minimum atomic E-state index is -0.348. The van der Waals surface area contributed by atoms with E-state index in [9.17, 15) is 4.79 Å². The third-order valence-electron chi connectivity index (χ3n) is 2.43. The first-order chi connectivity index (χ1) is 9.19. The lowest BCUT2D eigenvalue weighted by atomic mass is 10.2. The molecule has 0 saturated carbocycles. The summed E-state index contributed by atoms with van der Waals surface area (Å²) in [6, 6.07) is 7.38. The zero-order valence-electron chi connectivity index (χ0n) is 10.9. The summed E-state index contributed by atoms with van der Waals surface area (Å²) in [5.41, 5.74) is 1.03. The van der Waals surface area contributed by atoms with Crippen LogP contribution < -0.4 is 4.74 Å². The molecule has 0 N–H and O–H groups in total. The van der Waals surface area contributed by atoms with Gasteiger partial charge in [0.25, 0.3) is 0 Å². The number of carbonyl (C=O) groups is 1. The van der Waals surface area contributed by atoms with Crippen molar-refractivity contribution >= 4 is 17.3 Å². The molecule has 0 radical (unpaired) electrons. The smallest absolute Gasteiger partial charge is 0.335 e. The molecule has 0 aliphatic rings. The number of ether oxygens (including phenoxy) is 1. The van der Waals surface area contributed by atoms with E-state index in [1.165, 1.54) is 11.0 Å². The number of nitrogens with zero attached hydrogens (tertiary/aromatic N) is 1. The SMILES string of the molecule is CCC=CC(=O)Oc1ccc(-c2ncc(C)s2)cc1. The maximum atomic E-state index is 11.4. The Morgan fingerprint density at radius 3 is 2.68 bits per heavy atom. The van der Waals surface area contributed by atoms with E-state index in [0.717, 1.165) is 17.0 Å². The number of thiazole rings is 1. The van der Waals surface area contributed by atoms with Crippen molar-refractivity contribution in [3.63, 3.8) is 0 Å². The third kappa shape index (κ3) is 3.76. The van der Waals surface area contributed by atoms with E-state index in [2.05, 4.69) is 4.98 Å². The fraction of sp³-hybridized carbons (Fsp3) is 0.200.